The van der Waals surface area contributed by atoms with E-state index in [0.29, 0.717) is 5.57 Å². The van der Waals surface area contributed by atoms with Gasteiger partial charge in [0.1, 0.15) is 11.6 Å². The maximum absolute atomic E-state index is 9.77. The minimum Gasteiger partial charge on any atom is -0.192 e. The molecule has 0 spiro atoms. The van der Waals surface area contributed by atoms with E-state index in [1.54, 1.807) is 0 Å². The van der Waals surface area contributed by atoms with Crippen molar-refractivity contribution in [3.05, 3.63) is 93.6 Å². The summed E-state index contributed by atoms with van der Waals surface area (Å²) in [6.45, 7) is 0. The van der Waals surface area contributed by atoms with Crippen LogP contribution in [0.1, 0.15) is 11.1 Å². The zero-order valence-corrected chi connectivity index (χ0v) is 16.1. The molecule has 5 radical (unpaired) electrons. The third-order valence-corrected chi connectivity index (χ3v) is 5.13. The summed E-state index contributed by atoms with van der Waals surface area (Å²) in [4.78, 5) is 0. The first-order valence-corrected chi connectivity index (χ1v) is 9.24. The van der Waals surface area contributed by atoms with Crippen molar-refractivity contribution < 1.29 is 0 Å². The molecule has 0 N–H and O–H groups in total. The lowest BCUT2D eigenvalue weighted by atomic mass is 9.98. The van der Waals surface area contributed by atoms with Crippen molar-refractivity contribution >= 4 is 37.4 Å². The summed E-state index contributed by atoms with van der Waals surface area (Å²) < 4.78 is 1.97. The van der Waals surface area contributed by atoms with Crippen molar-refractivity contribution in [2.45, 2.75) is 0 Å². The Labute approximate surface area is 165 Å². The van der Waals surface area contributed by atoms with Crippen molar-refractivity contribution in [2.24, 2.45) is 0 Å². The second-order valence-corrected chi connectivity index (χ2v) is 7.50. The number of rotatable bonds is 0. The van der Waals surface area contributed by atoms with Crippen LogP contribution >= 0.6 is 31.9 Å². The largest absolute Gasteiger partial charge is 0.192 e. The van der Waals surface area contributed by atoms with Crippen LogP contribution in [-0.2, 0) is 0 Å². The summed E-state index contributed by atoms with van der Waals surface area (Å²) in [6, 6.07) is 14.6. The fraction of sp³-hybridized carbons (Fsp3) is 0. The number of halogens is 2. The van der Waals surface area contributed by atoms with Gasteiger partial charge in [0.25, 0.3) is 0 Å². The van der Waals surface area contributed by atoms with Gasteiger partial charge in [-0.25, -0.2) is 0 Å². The molecule has 1 nitrogen and oxygen atoms in total. The van der Waals surface area contributed by atoms with Crippen molar-refractivity contribution in [1.82, 2.24) is 0 Å². The molecule has 117 valence electrons. The molecule has 4 rings (SSSR count). The molecule has 0 saturated heterocycles. The van der Waals surface area contributed by atoms with Crippen LogP contribution < -0.4 is 0 Å². The predicted molar refractivity (Wildman–Crippen MR) is 107 cm³/mol. The van der Waals surface area contributed by atoms with Crippen molar-refractivity contribution in [2.75, 3.05) is 0 Å². The topological polar surface area (TPSA) is 23.8 Å². The molecule has 0 aliphatic heterocycles. The van der Waals surface area contributed by atoms with Crippen LogP contribution in [0.5, 0.6) is 0 Å². The number of fused-ring (bicyclic) bond motifs is 3. The van der Waals surface area contributed by atoms with E-state index < -0.39 is 0 Å². The molecule has 2 aromatic carbocycles. The summed E-state index contributed by atoms with van der Waals surface area (Å²) in [6.07, 6.45) is 7.77. The van der Waals surface area contributed by atoms with E-state index in [-0.39, 0.29) is 0 Å². The lowest BCUT2D eigenvalue weighted by Gasteiger charge is -2.04. The highest BCUT2D eigenvalue weighted by atomic mass is 79.9. The average molecular weight is 448 g/mol. The van der Waals surface area contributed by atoms with E-state index in [2.05, 4.69) is 74.0 Å². The normalized spacial score (nSPS) is 15.2. The summed E-state index contributed by atoms with van der Waals surface area (Å²) in [5.74, 6) is 7.07. The number of allylic oxidation sites excluding steroid dienone is 1. The van der Waals surface area contributed by atoms with Crippen LogP contribution in [0.25, 0.3) is 16.7 Å². The summed E-state index contributed by atoms with van der Waals surface area (Å²) in [5.41, 5.74) is 5.71. The fourth-order valence-electron chi connectivity index (χ4n) is 3.07. The van der Waals surface area contributed by atoms with Gasteiger partial charge in [0.15, 0.2) is 0 Å². The van der Waals surface area contributed by atoms with Gasteiger partial charge in [0, 0.05) is 14.5 Å². The molecule has 3 heteroatoms. The minimum absolute atomic E-state index is 0.484. The smallest absolute Gasteiger partial charge is 0.110 e. The van der Waals surface area contributed by atoms with Crippen LogP contribution in [0.2, 0.25) is 0 Å². The van der Waals surface area contributed by atoms with Gasteiger partial charge in [-0.1, -0.05) is 55.8 Å². The quantitative estimate of drug-likeness (QED) is 0.309. The predicted octanol–water partition coefficient (Wildman–Crippen LogP) is 5.93. The standard InChI is InChI=1S/C22H10Br2N/c23-16-7-9-18-19-10-8-17(24)12-21(19)22(20(18)11-16)15(13-25)6-5-14-3-1-2-4-14/h1-4,7-12H. The number of nitrogens with zero attached hydrogens (tertiary/aromatic N) is 1. The Hall–Kier alpha value is -1.81. The fourth-order valence-corrected chi connectivity index (χ4v) is 3.79. The first kappa shape index (κ1) is 16.6. The average Bonchev–Trinajstić information content (AvgIpc) is 3.22. The number of hydrogen-bond donors (Lipinski definition) is 0. The molecular formula is C22H10Br2N. The molecule has 0 aromatic heterocycles. The third kappa shape index (κ3) is 3.08. The molecule has 2 aromatic rings. The van der Waals surface area contributed by atoms with E-state index in [0.717, 1.165) is 42.7 Å². The summed E-state index contributed by atoms with van der Waals surface area (Å²) in [7, 11) is 0. The number of benzene rings is 2. The van der Waals surface area contributed by atoms with E-state index in [4.69, 9.17) is 0 Å². The Bertz CT molecular complexity index is 939. The van der Waals surface area contributed by atoms with Crippen molar-refractivity contribution in [3.8, 4) is 29.0 Å². The van der Waals surface area contributed by atoms with E-state index >= 15 is 0 Å². The molecule has 2 aliphatic rings. The van der Waals surface area contributed by atoms with Gasteiger partial charge in [0.2, 0.25) is 0 Å². The summed E-state index contributed by atoms with van der Waals surface area (Å²) in [5, 5.41) is 9.77. The second kappa shape index (κ2) is 6.83. The molecule has 0 atom stereocenters. The highest BCUT2D eigenvalue weighted by molar-refractivity contribution is 9.10. The van der Waals surface area contributed by atoms with E-state index in [1.807, 2.05) is 37.8 Å². The Morgan fingerprint density at radius 3 is 1.88 bits per heavy atom. The maximum Gasteiger partial charge on any atom is 0.110 e. The van der Waals surface area contributed by atoms with Crippen molar-refractivity contribution in [1.29, 1.82) is 5.26 Å². The SMILES string of the molecule is N#CC(C#C[C]1[CH][CH][CH][CH]1)=C1c2cc(Br)ccc2-c2ccc(Br)cc21. The van der Waals surface area contributed by atoms with Crippen LogP contribution in [0.4, 0.5) is 0 Å². The molecule has 1 saturated carbocycles. The van der Waals surface area contributed by atoms with Crippen LogP contribution in [0.15, 0.2) is 50.9 Å². The molecule has 0 heterocycles. The second-order valence-electron chi connectivity index (χ2n) is 5.67. The van der Waals surface area contributed by atoms with Gasteiger partial charge in [-0.2, -0.15) is 5.26 Å². The molecule has 0 amide bonds. The van der Waals surface area contributed by atoms with Gasteiger partial charge in [-0.05, 0) is 72.2 Å². The van der Waals surface area contributed by atoms with Crippen molar-refractivity contribution in [3.63, 3.8) is 0 Å². The molecule has 0 unspecified atom stereocenters. The van der Waals surface area contributed by atoms with Gasteiger partial charge >= 0.3 is 0 Å². The number of nitriles is 1. The molecular weight excluding hydrogens is 438 g/mol. The van der Waals surface area contributed by atoms with Gasteiger partial charge in [0.05, 0.1) is 5.92 Å². The van der Waals surface area contributed by atoms with E-state index in [9.17, 15) is 5.26 Å². The monoisotopic (exact) mass is 446 g/mol. The van der Waals surface area contributed by atoms with Crippen LogP contribution in [-0.4, -0.2) is 0 Å². The highest BCUT2D eigenvalue weighted by Gasteiger charge is 2.26. The van der Waals surface area contributed by atoms with Gasteiger partial charge in [-0.15, -0.1) is 0 Å². The molecule has 0 bridgehead atoms. The minimum atomic E-state index is 0.484. The first-order valence-electron chi connectivity index (χ1n) is 7.65. The summed E-state index contributed by atoms with van der Waals surface area (Å²) >= 11 is 7.08. The Morgan fingerprint density at radius 1 is 0.800 bits per heavy atom. The first-order chi connectivity index (χ1) is 12.2. The zero-order chi connectivity index (χ0) is 17.4. The maximum atomic E-state index is 9.77. The van der Waals surface area contributed by atoms with Gasteiger partial charge in [-0.3, -0.25) is 0 Å². The Balaban J connectivity index is 1.94. The van der Waals surface area contributed by atoms with Gasteiger partial charge < -0.3 is 0 Å². The lowest BCUT2D eigenvalue weighted by molar-refractivity contribution is 1.43. The molecule has 1 fully saturated rings. The third-order valence-electron chi connectivity index (χ3n) is 4.15. The highest BCUT2D eigenvalue weighted by Crippen LogP contribution is 2.47. The van der Waals surface area contributed by atoms with Crippen LogP contribution in [0, 0.1) is 54.8 Å². The molecule has 2 aliphatic carbocycles. The Kier molecular flexibility index (Phi) is 4.55. The lowest BCUT2D eigenvalue weighted by Crippen LogP contribution is -1.90. The Morgan fingerprint density at radius 2 is 1.36 bits per heavy atom. The number of hydrogen-bond acceptors (Lipinski definition) is 1. The van der Waals surface area contributed by atoms with E-state index in [1.165, 1.54) is 0 Å². The van der Waals surface area contributed by atoms with Crippen LogP contribution in [0.3, 0.4) is 0 Å². The molecule has 25 heavy (non-hydrogen) atoms. The zero-order valence-electron chi connectivity index (χ0n) is 13.0.